The highest BCUT2D eigenvalue weighted by atomic mass is 35.5. The van der Waals surface area contributed by atoms with Gasteiger partial charge in [-0.05, 0) is 48.4 Å². The number of halogens is 2. The van der Waals surface area contributed by atoms with E-state index in [-0.39, 0.29) is 16.5 Å². The number of rotatable bonds is 6. The molecule has 3 aromatic rings. The van der Waals surface area contributed by atoms with Gasteiger partial charge in [-0.1, -0.05) is 73.4 Å². The summed E-state index contributed by atoms with van der Waals surface area (Å²) < 4.78 is 5.89. The van der Waals surface area contributed by atoms with Crippen LogP contribution in [0.5, 0.6) is 5.75 Å². The van der Waals surface area contributed by atoms with Crippen molar-refractivity contribution in [3.05, 3.63) is 94.0 Å². The molecule has 1 saturated heterocycles. The molecule has 178 valence electrons. The van der Waals surface area contributed by atoms with Crippen LogP contribution in [0.2, 0.25) is 10.0 Å². The Bertz CT molecular complexity index is 1240. The summed E-state index contributed by atoms with van der Waals surface area (Å²) in [5.41, 5.74) is 0.796. The van der Waals surface area contributed by atoms with Gasteiger partial charge in [-0.25, -0.2) is 14.6 Å². The van der Waals surface area contributed by atoms with Gasteiger partial charge in [0.05, 0.1) is 23.0 Å². The molecular weight excluding hydrogens is 487 g/mol. The van der Waals surface area contributed by atoms with Crippen molar-refractivity contribution in [1.82, 2.24) is 0 Å². The molecule has 35 heavy (non-hydrogen) atoms. The third-order valence-corrected chi connectivity index (χ3v) is 5.68. The zero-order valence-electron chi connectivity index (χ0n) is 19.1. The number of para-hydroxylation sites is 2. The summed E-state index contributed by atoms with van der Waals surface area (Å²) in [5.74, 6) is -1.01. The number of hydrogen-bond donors (Lipinski definition) is 0. The highest BCUT2D eigenvalue weighted by Crippen LogP contribution is 2.36. The fourth-order valence-corrected chi connectivity index (χ4v) is 4.15. The average molecular weight is 509 g/mol. The Labute approximate surface area is 213 Å². The van der Waals surface area contributed by atoms with Crippen LogP contribution in [0.25, 0.3) is 6.08 Å². The van der Waals surface area contributed by atoms with Gasteiger partial charge in [0.2, 0.25) is 0 Å². The second-order valence-electron chi connectivity index (χ2n) is 8.30. The van der Waals surface area contributed by atoms with Crippen LogP contribution in [0.1, 0.15) is 19.4 Å². The summed E-state index contributed by atoms with van der Waals surface area (Å²) in [4.78, 5) is 42.5. The summed E-state index contributed by atoms with van der Waals surface area (Å²) in [6.45, 7) is 4.33. The van der Waals surface area contributed by atoms with E-state index in [9.17, 15) is 14.4 Å². The first-order valence-electron chi connectivity index (χ1n) is 10.9. The van der Waals surface area contributed by atoms with Crippen molar-refractivity contribution >= 4 is 58.5 Å². The number of barbiturate groups is 1. The standard InChI is InChI=1S/C27H22Cl2N2O4/c1-17(2)16-35-24-18(13-19(28)15-23(24)29)14-22-25(32)30(20-9-5-3-6-10-20)27(34)31(26(22)33)21-11-7-4-8-12-21/h3-15,17H,16H2,1-2H3. The van der Waals surface area contributed by atoms with Crippen molar-refractivity contribution < 1.29 is 19.1 Å². The van der Waals surface area contributed by atoms with Crippen LogP contribution in [0.3, 0.4) is 0 Å². The molecule has 0 unspecified atom stereocenters. The highest BCUT2D eigenvalue weighted by Gasteiger charge is 2.43. The summed E-state index contributed by atoms with van der Waals surface area (Å²) in [6.07, 6.45) is 1.37. The zero-order valence-corrected chi connectivity index (χ0v) is 20.6. The molecule has 0 N–H and O–H groups in total. The molecule has 0 bridgehead atoms. The Hall–Kier alpha value is -3.61. The van der Waals surface area contributed by atoms with Gasteiger partial charge in [-0.3, -0.25) is 9.59 Å². The van der Waals surface area contributed by atoms with E-state index in [0.29, 0.717) is 34.3 Å². The smallest absolute Gasteiger partial charge is 0.343 e. The van der Waals surface area contributed by atoms with Gasteiger partial charge in [0, 0.05) is 10.6 Å². The Morgan fingerprint density at radius 3 is 1.83 bits per heavy atom. The third kappa shape index (κ3) is 5.09. The Morgan fingerprint density at radius 1 is 0.829 bits per heavy atom. The van der Waals surface area contributed by atoms with Gasteiger partial charge in [0.25, 0.3) is 11.8 Å². The summed E-state index contributed by atoms with van der Waals surface area (Å²) >= 11 is 12.6. The molecule has 3 aromatic carbocycles. The van der Waals surface area contributed by atoms with Crippen molar-refractivity contribution in [1.29, 1.82) is 0 Å². The van der Waals surface area contributed by atoms with Crippen LogP contribution in [0.4, 0.5) is 16.2 Å². The molecule has 0 aliphatic carbocycles. The molecular formula is C27H22Cl2N2O4. The zero-order chi connectivity index (χ0) is 25.1. The number of ether oxygens (including phenoxy) is 1. The molecule has 8 heteroatoms. The van der Waals surface area contributed by atoms with E-state index in [2.05, 4.69) is 0 Å². The van der Waals surface area contributed by atoms with E-state index < -0.39 is 17.8 Å². The number of anilines is 2. The van der Waals surface area contributed by atoms with Crippen LogP contribution in [-0.2, 0) is 9.59 Å². The molecule has 6 nitrogen and oxygen atoms in total. The molecule has 0 aromatic heterocycles. The molecule has 1 aliphatic rings. The van der Waals surface area contributed by atoms with Crippen molar-refractivity contribution in [3.8, 4) is 5.75 Å². The second-order valence-corrected chi connectivity index (χ2v) is 9.15. The lowest BCUT2D eigenvalue weighted by Crippen LogP contribution is -2.57. The van der Waals surface area contributed by atoms with Crippen LogP contribution in [0, 0.1) is 5.92 Å². The lowest BCUT2D eigenvalue weighted by Gasteiger charge is -2.34. The van der Waals surface area contributed by atoms with E-state index in [1.54, 1.807) is 66.7 Å². The fraction of sp³-hybridized carbons (Fsp3) is 0.148. The SMILES string of the molecule is CC(C)COc1c(Cl)cc(Cl)cc1C=C1C(=O)N(c2ccccc2)C(=O)N(c2ccccc2)C1=O. The normalized spacial score (nSPS) is 14.1. The molecule has 1 heterocycles. The monoisotopic (exact) mass is 508 g/mol. The number of carbonyl (C=O) groups excluding carboxylic acids is 3. The summed E-state index contributed by atoms with van der Waals surface area (Å²) in [7, 11) is 0. The molecule has 4 rings (SSSR count). The number of amides is 4. The van der Waals surface area contributed by atoms with Crippen LogP contribution in [0.15, 0.2) is 78.4 Å². The van der Waals surface area contributed by atoms with Gasteiger partial charge in [0.1, 0.15) is 11.3 Å². The first-order valence-corrected chi connectivity index (χ1v) is 11.7. The molecule has 0 saturated carbocycles. The number of urea groups is 1. The second kappa shape index (κ2) is 10.3. The lowest BCUT2D eigenvalue weighted by molar-refractivity contribution is -0.121. The lowest BCUT2D eigenvalue weighted by atomic mass is 10.0. The first kappa shape index (κ1) is 24.5. The Balaban J connectivity index is 1.88. The van der Waals surface area contributed by atoms with Gasteiger partial charge in [-0.2, -0.15) is 0 Å². The maximum absolute atomic E-state index is 13.6. The predicted molar refractivity (Wildman–Crippen MR) is 138 cm³/mol. The third-order valence-electron chi connectivity index (χ3n) is 5.18. The molecule has 0 spiro atoms. The quantitative estimate of drug-likeness (QED) is 0.277. The number of hydrogen-bond acceptors (Lipinski definition) is 4. The van der Waals surface area contributed by atoms with E-state index in [1.807, 2.05) is 13.8 Å². The molecule has 0 atom stereocenters. The van der Waals surface area contributed by atoms with Gasteiger partial charge >= 0.3 is 6.03 Å². The average Bonchev–Trinajstić information content (AvgIpc) is 2.82. The van der Waals surface area contributed by atoms with E-state index in [0.717, 1.165) is 9.80 Å². The summed E-state index contributed by atoms with van der Waals surface area (Å²) in [6, 6.07) is 19.2. The van der Waals surface area contributed by atoms with Crippen molar-refractivity contribution in [3.63, 3.8) is 0 Å². The maximum Gasteiger partial charge on any atom is 0.343 e. The minimum atomic E-state index is -0.769. The van der Waals surface area contributed by atoms with Crippen molar-refractivity contribution in [2.24, 2.45) is 5.92 Å². The van der Waals surface area contributed by atoms with Gasteiger partial charge in [0.15, 0.2) is 0 Å². The number of carbonyl (C=O) groups is 3. The van der Waals surface area contributed by atoms with E-state index in [1.165, 1.54) is 12.1 Å². The number of imide groups is 2. The van der Waals surface area contributed by atoms with E-state index >= 15 is 0 Å². The van der Waals surface area contributed by atoms with Gasteiger partial charge < -0.3 is 4.74 Å². The van der Waals surface area contributed by atoms with Gasteiger partial charge in [-0.15, -0.1) is 0 Å². The first-order chi connectivity index (χ1) is 16.8. The van der Waals surface area contributed by atoms with Crippen LogP contribution >= 0.6 is 23.2 Å². The summed E-state index contributed by atoms with van der Waals surface area (Å²) in [5, 5.41) is 0.557. The molecule has 1 aliphatic heterocycles. The topological polar surface area (TPSA) is 66.9 Å². The largest absolute Gasteiger partial charge is 0.491 e. The van der Waals surface area contributed by atoms with Crippen molar-refractivity contribution in [2.45, 2.75) is 13.8 Å². The minimum absolute atomic E-state index is 0.208. The van der Waals surface area contributed by atoms with Crippen LogP contribution < -0.4 is 14.5 Å². The van der Waals surface area contributed by atoms with E-state index in [4.69, 9.17) is 27.9 Å². The highest BCUT2D eigenvalue weighted by molar-refractivity contribution is 6.46. The molecule has 4 amide bonds. The van der Waals surface area contributed by atoms with Crippen molar-refractivity contribution in [2.75, 3.05) is 16.4 Å². The number of nitrogens with zero attached hydrogens (tertiary/aromatic N) is 2. The Kier molecular flexibility index (Phi) is 7.24. The van der Waals surface area contributed by atoms with Crippen LogP contribution in [-0.4, -0.2) is 24.5 Å². The Morgan fingerprint density at radius 2 is 1.34 bits per heavy atom. The molecule has 1 fully saturated rings. The fourth-order valence-electron chi connectivity index (χ4n) is 3.58. The predicted octanol–water partition coefficient (Wildman–Crippen LogP) is 6.61. The maximum atomic E-state index is 13.6. The molecule has 0 radical (unpaired) electrons. The number of benzene rings is 3. The minimum Gasteiger partial charge on any atom is -0.491 e.